The molecule has 0 rings (SSSR count). The van der Waals surface area contributed by atoms with Crippen molar-refractivity contribution in [2.24, 2.45) is 0 Å². The van der Waals surface area contributed by atoms with Crippen molar-refractivity contribution in [3.63, 3.8) is 0 Å². The van der Waals surface area contributed by atoms with E-state index in [4.69, 9.17) is 14.2 Å². The summed E-state index contributed by atoms with van der Waals surface area (Å²) < 4.78 is 16.7. The third-order valence-corrected chi connectivity index (χ3v) is 10.7. The molecule has 0 aromatic carbocycles. The number of carbonyl (C=O) groups excluding carboxylic acids is 3. The summed E-state index contributed by atoms with van der Waals surface area (Å²) in [6, 6.07) is 0. The molecule has 346 valence electrons. The number of unbranched alkanes of at least 4 members (excludes halogenated alkanes) is 24. The average molecular weight is 839 g/mol. The second-order valence-corrected chi connectivity index (χ2v) is 16.7. The molecule has 0 saturated carbocycles. The van der Waals surface area contributed by atoms with Crippen molar-refractivity contribution in [1.82, 2.24) is 0 Å². The van der Waals surface area contributed by atoms with E-state index in [1.54, 1.807) is 0 Å². The van der Waals surface area contributed by atoms with Crippen molar-refractivity contribution in [3.05, 3.63) is 60.8 Å². The predicted molar refractivity (Wildman–Crippen MR) is 256 cm³/mol. The molecule has 0 bridgehead atoms. The highest BCUT2D eigenvalue weighted by molar-refractivity contribution is 5.71. The molecule has 0 N–H and O–H groups in total. The number of hydrogen-bond donors (Lipinski definition) is 0. The summed E-state index contributed by atoms with van der Waals surface area (Å²) in [6.07, 6.45) is 59.3. The molecule has 0 aliphatic carbocycles. The topological polar surface area (TPSA) is 78.9 Å². The Morgan fingerprint density at radius 3 is 1.13 bits per heavy atom. The number of ether oxygens (including phenoxy) is 3. The van der Waals surface area contributed by atoms with Crippen LogP contribution in [0.1, 0.15) is 245 Å². The van der Waals surface area contributed by atoms with E-state index in [0.29, 0.717) is 19.3 Å². The molecule has 0 heterocycles. The van der Waals surface area contributed by atoms with E-state index >= 15 is 0 Å². The van der Waals surface area contributed by atoms with Crippen molar-refractivity contribution in [1.29, 1.82) is 0 Å². The van der Waals surface area contributed by atoms with Crippen LogP contribution >= 0.6 is 0 Å². The predicted octanol–water partition coefficient (Wildman–Crippen LogP) is 16.5. The maximum absolute atomic E-state index is 12.8. The average Bonchev–Trinajstić information content (AvgIpc) is 3.24. The van der Waals surface area contributed by atoms with Crippen LogP contribution in [-0.4, -0.2) is 37.2 Å². The molecule has 0 spiro atoms. The third kappa shape index (κ3) is 46.2. The minimum atomic E-state index is -0.801. The second-order valence-electron chi connectivity index (χ2n) is 16.7. The van der Waals surface area contributed by atoms with Crippen molar-refractivity contribution in [2.45, 2.75) is 252 Å². The Labute approximate surface area is 370 Å². The van der Waals surface area contributed by atoms with Crippen LogP contribution in [0.5, 0.6) is 0 Å². The standard InChI is InChI=1S/C54H94O6/c1-4-7-10-13-16-19-22-25-27-30-32-35-38-41-44-47-53(56)59-50-51(49-58-52(55)46-43-40-37-34-31-28-24-21-18-15-12-9-6-3)60-54(57)48-45-42-39-36-33-29-26-23-20-17-14-11-8-5-2/h8,11,17,19-20,22,28,31,37,40,51H,4-7,9-10,12-16,18,21,23-27,29-30,32-36,38-39,41-50H2,1-3H3/b11-8+,20-17+,22-19+,31-28+,40-37+. The first-order valence-electron chi connectivity index (χ1n) is 25.3. The van der Waals surface area contributed by atoms with E-state index in [9.17, 15) is 14.4 Å². The number of carbonyl (C=O) groups is 3. The lowest BCUT2D eigenvalue weighted by Crippen LogP contribution is -2.30. The van der Waals surface area contributed by atoms with Gasteiger partial charge in [0, 0.05) is 19.3 Å². The van der Waals surface area contributed by atoms with Crippen molar-refractivity contribution in [3.8, 4) is 0 Å². The Balaban J connectivity index is 4.45. The van der Waals surface area contributed by atoms with Crippen LogP contribution in [0.3, 0.4) is 0 Å². The molecule has 60 heavy (non-hydrogen) atoms. The summed E-state index contributed by atoms with van der Waals surface area (Å²) >= 11 is 0. The van der Waals surface area contributed by atoms with Gasteiger partial charge in [-0.25, -0.2) is 0 Å². The first-order valence-corrected chi connectivity index (χ1v) is 25.3. The zero-order valence-corrected chi connectivity index (χ0v) is 39.5. The monoisotopic (exact) mass is 839 g/mol. The lowest BCUT2D eigenvalue weighted by Gasteiger charge is -2.18. The van der Waals surface area contributed by atoms with Crippen LogP contribution in [-0.2, 0) is 28.6 Å². The second kappa shape index (κ2) is 48.8. The summed E-state index contributed by atoms with van der Waals surface area (Å²) in [5.74, 6) is -0.978. The van der Waals surface area contributed by atoms with Gasteiger partial charge in [0.25, 0.3) is 0 Å². The molecule has 6 heteroatoms. The highest BCUT2D eigenvalue weighted by atomic mass is 16.6. The van der Waals surface area contributed by atoms with Crippen LogP contribution < -0.4 is 0 Å². The van der Waals surface area contributed by atoms with E-state index in [1.807, 2.05) is 6.08 Å². The van der Waals surface area contributed by atoms with E-state index in [-0.39, 0.29) is 37.5 Å². The van der Waals surface area contributed by atoms with Gasteiger partial charge in [-0.1, -0.05) is 197 Å². The molecule has 1 unspecified atom stereocenters. The minimum absolute atomic E-state index is 0.0966. The van der Waals surface area contributed by atoms with Crippen molar-refractivity contribution >= 4 is 17.9 Å². The molecule has 0 saturated heterocycles. The van der Waals surface area contributed by atoms with Gasteiger partial charge in [0.2, 0.25) is 0 Å². The van der Waals surface area contributed by atoms with Gasteiger partial charge in [0.15, 0.2) is 6.10 Å². The largest absolute Gasteiger partial charge is 0.462 e. The molecule has 6 nitrogen and oxygen atoms in total. The summed E-state index contributed by atoms with van der Waals surface area (Å²) in [4.78, 5) is 37.9. The first-order chi connectivity index (χ1) is 29.5. The lowest BCUT2D eigenvalue weighted by atomic mass is 10.1. The van der Waals surface area contributed by atoms with E-state index in [1.165, 1.54) is 128 Å². The fraction of sp³-hybridized carbons (Fsp3) is 0.759. The SMILES string of the molecule is CC/C=C/C/C=C/CCCCCCCCCC(=O)OC(COC(=O)CC/C=C/C/C=C/CCCCCCCC)COC(=O)CCCCCCCCC/C=C/CCCCCC. The first kappa shape index (κ1) is 57.1. The lowest BCUT2D eigenvalue weighted by molar-refractivity contribution is -0.166. The quantitative estimate of drug-likeness (QED) is 0.0263. The van der Waals surface area contributed by atoms with Gasteiger partial charge < -0.3 is 14.2 Å². The fourth-order valence-electron chi connectivity index (χ4n) is 6.94. The summed E-state index contributed by atoms with van der Waals surface area (Å²) in [6.45, 7) is 6.45. The number of hydrogen-bond acceptors (Lipinski definition) is 6. The van der Waals surface area contributed by atoms with Gasteiger partial charge in [0.1, 0.15) is 13.2 Å². The fourth-order valence-corrected chi connectivity index (χ4v) is 6.94. The van der Waals surface area contributed by atoms with E-state index < -0.39 is 6.10 Å². The maximum Gasteiger partial charge on any atom is 0.306 e. The van der Waals surface area contributed by atoms with Crippen molar-refractivity contribution in [2.75, 3.05) is 13.2 Å². The molecule has 0 aromatic rings. The van der Waals surface area contributed by atoms with Gasteiger partial charge in [-0.05, 0) is 89.9 Å². The molecular weight excluding hydrogens is 745 g/mol. The van der Waals surface area contributed by atoms with Crippen molar-refractivity contribution < 1.29 is 28.6 Å². The molecule has 0 aromatic heterocycles. The Bertz CT molecular complexity index is 1100. The Morgan fingerprint density at radius 1 is 0.350 bits per heavy atom. The summed E-state index contributed by atoms with van der Waals surface area (Å²) in [5.41, 5.74) is 0. The van der Waals surface area contributed by atoms with Crippen LogP contribution in [0.25, 0.3) is 0 Å². The van der Waals surface area contributed by atoms with Crippen LogP contribution in [0, 0.1) is 0 Å². The maximum atomic E-state index is 12.8. The highest BCUT2D eigenvalue weighted by Gasteiger charge is 2.19. The number of allylic oxidation sites excluding steroid dienone is 10. The van der Waals surface area contributed by atoms with Gasteiger partial charge in [0.05, 0.1) is 0 Å². The Hall–Kier alpha value is -2.89. The third-order valence-electron chi connectivity index (χ3n) is 10.7. The molecule has 0 fully saturated rings. The smallest absolute Gasteiger partial charge is 0.306 e. The summed E-state index contributed by atoms with van der Waals surface area (Å²) in [7, 11) is 0. The molecule has 0 aliphatic heterocycles. The number of rotatable bonds is 45. The highest BCUT2D eigenvalue weighted by Crippen LogP contribution is 2.14. The van der Waals surface area contributed by atoms with Gasteiger partial charge in [-0.2, -0.15) is 0 Å². The van der Waals surface area contributed by atoms with Crippen LogP contribution in [0.15, 0.2) is 60.8 Å². The Kier molecular flexibility index (Phi) is 46.4. The zero-order chi connectivity index (χ0) is 43.7. The molecule has 0 amide bonds. The molecular formula is C54H94O6. The Morgan fingerprint density at radius 2 is 0.683 bits per heavy atom. The molecule has 1 atom stereocenters. The van der Waals surface area contributed by atoms with Gasteiger partial charge in [-0.3, -0.25) is 14.4 Å². The van der Waals surface area contributed by atoms with Crippen LogP contribution in [0.4, 0.5) is 0 Å². The number of esters is 3. The van der Waals surface area contributed by atoms with Gasteiger partial charge in [-0.15, -0.1) is 0 Å². The van der Waals surface area contributed by atoms with Crippen LogP contribution in [0.2, 0.25) is 0 Å². The minimum Gasteiger partial charge on any atom is -0.462 e. The van der Waals surface area contributed by atoms with Gasteiger partial charge >= 0.3 is 17.9 Å². The molecule has 0 radical (unpaired) electrons. The van der Waals surface area contributed by atoms with E-state index in [0.717, 1.165) is 70.6 Å². The van der Waals surface area contributed by atoms with E-state index in [2.05, 4.69) is 75.5 Å². The summed E-state index contributed by atoms with van der Waals surface area (Å²) in [5, 5.41) is 0. The zero-order valence-electron chi connectivity index (χ0n) is 39.5. The normalized spacial score (nSPS) is 12.5. The molecule has 0 aliphatic rings.